The highest BCUT2D eigenvalue weighted by Gasteiger charge is 2.40. The number of Topliss-reactive ketones (excluding diaryl/α,β-unsaturated/α-hetero) is 1. The van der Waals surface area contributed by atoms with Crippen molar-refractivity contribution >= 4 is 15.8 Å². The second-order valence-corrected chi connectivity index (χ2v) is 9.91. The standard InChI is InChI=1S/C23H31NO4S/c1-15(2)21(24-29(27,28)19-13-11-17(5)12-14-19)20(22(25)16(3)4)23(26)18-9-7-6-8-10-18/h6-16,20-22,24-25H,1-5H3/t20-,21+,22-/m1/s1. The third-order valence-corrected chi connectivity index (χ3v) is 6.61. The van der Waals surface area contributed by atoms with Crippen molar-refractivity contribution in [3.05, 3.63) is 65.7 Å². The van der Waals surface area contributed by atoms with E-state index in [-0.39, 0.29) is 22.5 Å². The van der Waals surface area contributed by atoms with Crippen LogP contribution in [0.1, 0.15) is 43.6 Å². The zero-order valence-electron chi connectivity index (χ0n) is 17.7. The minimum absolute atomic E-state index is 0.138. The summed E-state index contributed by atoms with van der Waals surface area (Å²) in [5.41, 5.74) is 1.41. The van der Waals surface area contributed by atoms with E-state index in [1.54, 1.807) is 48.5 Å². The van der Waals surface area contributed by atoms with Crippen molar-refractivity contribution in [3.63, 3.8) is 0 Å². The summed E-state index contributed by atoms with van der Waals surface area (Å²) in [6.45, 7) is 9.22. The van der Waals surface area contributed by atoms with E-state index in [0.717, 1.165) is 5.56 Å². The number of hydrogen-bond acceptors (Lipinski definition) is 4. The molecule has 158 valence electrons. The van der Waals surface area contributed by atoms with Gasteiger partial charge in [-0.3, -0.25) is 4.79 Å². The maximum absolute atomic E-state index is 13.3. The number of carbonyl (C=O) groups is 1. The van der Waals surface area contributed by atoms with Crippen LogP contribution in [0.4, 0.5) is 0 Å². The molecule has 3 atom stereocenters. The second-order valence-electron chi connectivity index (χ2n) is 8.19. The Kier molecular flexibility index (Phi) is 7.74. The molecule has 0 aliphatic carbocycles. The lowest BCUT2D eigenvalue weighted by molar-refractivity contribution is 0.0355. The first-order valence-corrected chi connectivity index (χ1v) is 11.4. The first kappa shape index (κ1) is 23.3. The van der Waals surface area contributed by atoms with Crippen molar-refractivity contribution < 1.29 is 18.3 Å². The van der Waals surface area contributed by atoms with Crippen LogP contribution in [-0.2, 0) is 10.0 Å². The Morgan fingerprint density at radius 2 is 1.45 bits per heavy atom. The van der Waals surface area contributed by atoms with Crippen molar-refractivity contribution in [2.45, 2.75) is 51.7 Å². The number of carbonyl (C=O) groups excluding carboxylic acids is 1. The van der Waals surface area contributed by atoms with Crippen LogP contribution in [-0.4, -0.2) is 31.5 Å². The Morgan fingerprint density at radius 3 is 1.93 bits per heavy atom. The second kappa shape index (κ2) is 9.65. The third kappa shape index (κ3) is 5.75. The molecule has 29 heavy (non-hydrogen) atoms. The summed E-state index contributed by atoms with van der Waals surface area (Å²) in [6, 6.07) is 14.5. The SMILES string of the molecule is Cc1ccc(S(=O)(=O)N[C@@H](C(C)C)[C@@H](C(=O)c2ccccc2)[C@H](O)C(C)C)cc1. The lowest BCUT2D eigenvalue weighted by Gasteiger charge is -2.34. The number of nitrogens with one attached hydrogen (secondary N) is 1. The highest BCUT2D eigenvalue weighted by Crippen LogP contribution is 2.27. The summed E-state index contributed by atoms with van der Waals surface area (Å²) in [5, 5.41) is 10.9. The van der Waals surface area contributed by atoms with Gasteiger partial charge in [0, 0.05) is 11.6 Å². The van der Waals surface area contributed by atoms with Gasteiger partial charge in [0.05, 0.1) is 16.9 Å². The Balaban J connectivity index is 2.46. The normalized spacial score (nSPS) is 15.3. The molecule has 0 aliphatic heterocycles. The fourth-order valence-corrected chi connectivity index (χ4v) is 4.74. The molecule has 6 heteroatoms. The van der Waals surface area contributed by atoms with Gasteiger partial charge < -0.3 is 5.11 Å². The number of hydrogen-bond donors (Lipinski definition) is 2. The van der Waals surface area contributed by atoms with E-state index in [0.29, 0.717) is 5.56 Å². The topological polar surface area (TPSA) is 83.5 Å². The fourth-order valence-electron chi connectivity index (χ4n) is 3.33. The molecule has 0 radical (unpaired) electrons. The van der Waals surface area contributed by atoms with E-state index in [9.17, 15) is 18.3 Å². The Morgan fingerprint density at radius 1 is 0.897 bits per heavy atom. The molecule has 2 aromatic carbocycles. The van der Waals surface area contributed by atoms with Crippen LogP contribution < -0.4 is 4.72 Å². The van der Waals surface area contributed by atoms with Gasteiger partial charge in [0.1, 0.15) is 0 Å². The highest BCUT2D eigenvalue weighted by molar-refractivity contribution is 7.89. The van der Waals surface area contributed by atoms with E-state index in [1.165, 1.54) is 0 Å². The molecule has 2 aromatic rings. The molecule has 0 amide bonds. The molecule has 0 saturated carbocycles. The van der Waals surface area contributed by atoms with Crippen molar-refractivity contribution in [3.8, 4) is 0 Å². The maximum Gasteiger partial charge on any atom is 0.240 e. The molecule has 0 heterocycles. The van der Waals surface area contributed by atoms with E-state index in [4.69, 9.17) is 0 Å². The number of aliphatic hydroxyl groups is 1. The Bertz CT molecular complexity index is 906. The first-order valence-electron chi connectivity index (χ1n) is 9.91. The molecule has 0 saturated heterocycles. The summed E-state index contributed by atoms with van der Waals surface area (Å²) >= 11 is 0. The fraction of sp³-hybridized carbons (Fsp3) is 0.435. The van der Waals surface area contributed by atoms with E-state index in [1.807, 2.05) is 40.7 Å². The van der Waals surface area contributed by atoms with E-state index in [2.05, 4.69) is 4.72 Å². The van der Waals surface area contributed by atoms with Gasteiger partial charge >= 0.3 is 0 Å². The number of sulfonamides is 1. The molecule has 0 spiro atoms. The maximum atomic E-state index is 13.3. The summed E-state index contributed by atoms with van der Waals surface area (Å²) in [6.07, 6.45) is -0.990. The molecule has 5 nitrogen and oxygen atoms in total. The molecule has 2 rings (SSSR count). The van der Waals surface area contributed by atoms with E-state index < -0.39 is 28.1 Å². The summed E-state index contributed by atoms with van der Waals surface area (Å²) < 4.78 is 28.7. The Hall–Kier alpha value is -2.02. The predicted molar refractivity (Wildman–Crippen MR) is 115 cm³/mol. The third-order valence-electron chi connectivity index (χ3n) is 5.14. The highest BCUT2D eigenvalue weighted by atomic mass is 32.2. The van der Waals surface area contributed by atoms with Crippen LogP contribution in [0.15, 0.2) is 59.5 Å². The average molecular weight is 418 g/mol. The lowest BCUT2D eigenvalue weighted by Crippen LogP contribution is -2.52. The Labute approximate surface area is 174 Å². The molecule has 0 bridgehead atoms. The predicted octanol–water partition coefficient (Wildman–Crippen LogP) is 3.81. The van der Waals surface area contributed by atoms with Gasteiger partial charge in [-0.15, -0.1) is 0 Å². The van der Waals surface area contributed by atoms with Gasteiger partial charge in [0.15, 0.2) is 5.78 Å². The molecular weight excluding hydrogens is 386 g/mol. The average Bonchev–Trinajstić information content (AvgIpc) is 2.67. The van der Waals surface area contributed by atoms with Gasteiger partial charge in [0.2, 0.25) is 10.0 Å². The first-order chi connectivity index (χ1) is 13.5. The lowest BCUT2D eigenvalue weighted by atomic mass is 9.78. The summed E-state index contributed by atoms with van der Waals surface area (Å²) in [7, 11) is -3.85. The van der Waals surface area contributed by atoms with Crippen molar-refractivity contribution in [2.75, 3.05) is 0 Å². The summed E-state index contributed by atoms with van der Waals surface area (Å²) in [5.74, 6) is -1.59. The van der Waals surface area contributed by atoms with Gasteiger partial charge in [-0.25, -0.2) is 13.1 Å². The zero-order valence-corrected chi connectivity index (χ0v) is 18.5. The van der Waals surface area contributed by atoms with E-state index >= 15 is 0 Å². The van der Waals surface area contributed by atoms with Gasteiger partial charge in [-0.2, -0.15) is 0 Å². The number of ketones is 1. The quantitative estimate of drug-likeness (QED) is 0.608. The van der Waals surface area contributed by atoms with Gasteiger partial charge in [0.25, 0.3) is 0 Å². The number of aryl methyl sites for hydroxylation is 1. The van der Waals surface area contributed by atoms with Gasteiger partial charge in [-0.1, -0.05) is 75.7 Å². The van der Waals surface area contributed by atoms with Crippen molar-refractivity contribution in [2.24, 2.45) is 17.8 Å². The molecule has 0 aromatic heterocycles. The molecule has 0 aliphatic rings. The minimum atomic E-state index is -3.85. The van der Waals surface area contributed by atoms with Crippen LogP contribution in [0, 0.1) is 24.7 Å². The summed E-state index contributed by atoms with van der Waals surface area (Å²) in [4.78, 5) is 13.4. The van der Waals surface area contributed by atoms with Crippen molar-refractivity contribution in [1.29, 1.82) is 0 Å². The molecular formula is C23H31NO4S. The minimum Gasteiger partial charge on any atom is -0.392 e. The molecule has 2 N–H and O–H groups in total. The van der Waals surface area contributed by atoms with Crippen LogP contribution >= 0.6 is 0 Å². The smallest absolute Gasteiger partial charge is 0.240 e. The van der Waals surface area contributed by atoms with Crippen LogP contribution in [0.5, 0.6) is 0 Å². The van der Waals surface area contributed by atoms with Gasteiger partial charge in [-0.05, 0) is 30.9 Å². The zero-order chi connectivity index (χ0) is 21.8. The number of rotatable bonds is 9. The van der Waals surface area contributed by atoms with Crippen LogP contribution in [0.3, 0.4) is 0 Å². The number of benzene rings is 2. The van der Waals surface area contributed by atoms with Crippen LogP contribution in [0.2, 0.25) is 0 Å². The van der Waals surface area contributed by atoms with Crippen LogP contribution in [0.25, 0.3) is 0 Å². The molecule has 0 fully saturated rings. The number of aliphatic hydroxyl groups excluding tert-OH is 1. The monoisotopic (exact) mass is 417 g/mol. The molecule has 0 unspecified atom stereocenters. The van der Waals surface area contributed by atoms with Crippen molar-refractivity contribution in [1.82, 2.24) is 4.72 Å². The largest absolute Gasteiger partial charge is 0.392 e.